The van der Waals surface area contributed by atoms with Crippen molar-refractivity contribution in [3.8, 4) is 11.5 Å². The smallest absolute Gasteiger partial charge is 0.194 e. The molecule has 0 unspecified atom stereocenters. The van der Waals surface area contributed by atoms with Crippen LogP contribution in [-0.2, 0) is 20.1 Å². The molecule has 1 aromatic carbocycles. The molecule has 1 heterocycles. The van der Waals surface area contributed by atoms with Gasteiger partial charge in [-0.1, -0.05) is 0 Å². The van der Waals surface area contributed by atoms with Gasteiger partial charge in [0.2, 0.25) is 0 Å². The zero-order valence-corrected chi connectivity index (χ0v) is 18.4. The van der Waals surface area contributed by atoms with Gasteiger partial charge in [0.15, 0.2) is 11.8 Å². The van der Waals surface area contributed by atoms with Gasteiger partial charge in [0.05, 0.1) is 20.8 Å². The maximum atomic E-state index is 5.46. The lowest BCUT2D eigenvalue weighted by molar-refractivity contribution is 0.382. The highest BCUT2D eigenvalue weighted by Crippen LogP contribution is 2.25. The van der Waals surface area contributed by atoms with Gasteiger partial charge in [0.25, 0.3) is 0 Å². The highest BCUT2D eigenvalue weighted by Gasteiger charge is 2.12. The van der Waals surface area contributed by atoms with E-state index >= 15 is 0 Å². The molecule has 0 saturated heterocycles. The van der Waals surface area contributed by atoms with Gasteiger partial charge in [-0.2, -0.15) is 0 Å². The third-order valence-corrected chi connectivity index (χ3v) is 4.06. The molecule has 26 heavy (non-hydrogen) atoms. The van der Waals surface area contributed by atoms with Gasteiger partial charge in [0, 0.05) is 39.3 Å². The van der Waals surface area contributed by atoms with E-state index in [1.807, 2.05) is 48.7 Å². The van der Waals surface area contributed by atoms with Crippen molar-refractivity contribution >= 4 is 29.9 Å². The molecule has 8 nitrogen and oxygen atoms in total. The predicted molar refractivity (Wildman–Crippen MR) is 112 cm³/mol. The number of aliphatic imine (C=N–C) groups is 1. The number of hydrogen-bond donors (Lipinski definition) is 1. The lowest BCUT2D eigenvalue weighted by atomic mass is 10.2. The van der Waals surface area contributed by atoms with E-state index in [1.165, 1.54) is 0 Å². The largest absolute Gasteiger partial charge is 0.497 e. The number of aromatic nitrogens is 3. The number of rotatable bonds is 6. The first-order valence-electron chi connectivity index (χ1n) is 7.97. The fourth-order valence-electron chi connectivity index (χ4n) is 2.46. The average molecular weight is 474 g/mol. The van der Waals surface area contributed by atoms with E-state index in [0.29, 0.717) is 13.1 Å². The van der Waals surface area contributed by atoms with Gasteiger partial charge in [0.1, 0.15) is 17.3 Å². The Hall–Kier alpha value is -2.04. The van der Waals surface area contributed by atoms with Crippen LogP contribution >= 0.6 is 24.0 Å². The van der Waals surface area contributed by atoms with Crippen molar-refractivity contribution in [2.24, 2.45) is 12.0 Å². The number of aryl methyl sites for hydroxylation is 1. The summed E-state index contributed by atoms with van der Waals surface area (Å²) < 4.78 is 12.7. The van der Waals surface area contributed by atoms with Crippen molar-refractivity contribution in [2.45, 2.75) is 20.0 Å². The average Bonchev–Trinajstić information content (AvgIpc) is 2.94. The lowest BCUT2D eigenvalue weighted by Crippen LogP contribution is -2.38. The minimum absolute atomic E-state index is 0. The van der Waals surface area contributed by atoms with Crippen molar-refractivity contribution in [3.63, 3.8) is 0 Å². The minimum Gasteiger partial charge on any atom is -0.497 e. The molecule has 9 heteroatoms. The van der Waals surface area contributed by atoms with Crippen LogP contribution in [0.3, 0.4) is 0 Å². The Kier molecular flexibility index (Phi) is 8.62. The molecule has 0 aliphatic heterocycles. The second-order valence-electron chi connectivity index (χ2n) is 5.66. The van der Waals surface area contributed by atoms with Crippen molar-refractivity contribution in [1.29, 1.82) is 0 Å². The Bertz CT molecular complexity index is 747. The van der Waals surface area contributed by atoms with Crippen molar-refractivity contribution in [2.75, 3.05) is 28.3 Å². The fourth-order valence-corrected chi connectivity index (χ4v) is 2.46. The summed E-state index contributed by atoms with van der Waals surface area (Å²) in [6.07, 6.45) is 0. The first-order chi connectivity index (χ1) is 12.0. The topological polar surface area (TPSA) is 76.8 Å². The number of ether oxygens (including phenoxy) is 2. The van der Waals surface area contributed by atoms with Crippen LogP contribution in [0.2, 0.25) is 0 Å². The number of halogens is 1. The summed E-state index contributed by atoms with van der Waals surface area (Å²) in [6.45, 7) is 3.12. The van der Waals surface area contributed by atoms with E-state index in [1.54, 1.807) is 21.3 Å². The van der Waals surface area contributed by atoms with E-state index in [9.17, 15) is 0 Å². The molecule has 0 bridgehead atoms. The van der Waals surface area contributed by atoms with Crippen molar-refractivity contribution in [3.05, 3.63) is 35.4 Å². The molecule has 0 radical (unpaired) electrons. The second-order valence-corrected chi connectivity index (χ2v) is 5.66. The molecule has 2 aromatic rings. The Labute approximate surface area is 171 Å². The third kappa shape index (κ3) is 5.23. The highest BCUT2D eigenvalue weighted by atomic mass is 127. The van der Waals surface area contributed by atoms with Crippen LogP contribution in [0, 0.1) is 6.92 Å². The summed E-state index contributed by atoms with van der Waals surface area (Å²) in [5.41, 5.74) is 1.04. The molecule has 0 amide bonds. The van der Waals surface area contributed by atoms with Crippen LogP contribution in [0.5, 0.6) is 11.5 Å². The molecule has 0 aliphatic rings. The Morgan fingerprint density at radius 1 is 1.27 bits per heavy atom. The summed E-state index contributed by atoms with van der Waals surface area (Å²) in [6, 6.07) is 5.79. The molecule has 0 atom stereocenters. The van der Waals surface area contributed by atoms with Gasteiger partial charge in [-0.15, -0.1) is 34.2 Å². The van der Waals surface area contributed by atoms with E-state index in [4.69, 9.17) is 9.47 Å². The van der Waals surface area contributed by atoms with E-state index in [0.717, 1.165) is 34.7 Å². The van der Waals surface area contributed by atoms with Gasteiger partial charge in [-0.3, -0.25) is 4.99 Å². The molecular formula is C17H27IN6O2. The zero-order valence-electron chi connectivity index (χ0n) is 16.1. The molecule has 1 N–H and O–H groups in total. The summed E-state index contributed by atoms with van der Waals surface area (Å²) in [5, 5.41) is 11.5. The van der Waals surface area contributed by atoms with Crippen molar-refractivity contribution < 1.29 is 9.47 Å². The molecule has 144 valence electrons. The van der Waals surface area contributed by atoms with Crippen LogP contribution in [0.1, 0.15) is 17.2 Å². The van der Waals surface area contributed by atoms with Gasteiger partial charge < -0.3 is 24.3 Å². The quantitative estimate of drug-likeness (QED) is 0.392. The molecule has 0 aliphatic carbocycles. The van der Waals surface area contributed by atoms with Crippen LogP contribution in [-0.4, -0.2) is 53.9 Å². The molecule has 0 fully saturated rings. The number of nitrogens with zero attached hydrogens (tertiary/aromatic N) is 5. The summed E-state index contributed by atoms with van der Waals surface area (Å²) >= 11 is 0. The lowest BCUT2D eigenvalue weighted by Gasteiger charge is -2.23. The number of nitrogens with one attached hydrogen (secondary N) is 1. The van der Waals surface area contributed by atoms with Gasteiger partial charge in [-0.25, -0.2) is 0 Å². The summed E-state index contributed by atoms with van der Waals surface area (Å²) in [7, 11) is 8.97. The predicted octanol–water partition coefficient (Wildman–Crippen LogP) is 1.97. The third-order valence-electron chi connectivity index (χ3n) is 4.06. The van der Waals surface area contributed by atoms with Gasteiger partial charge in [-0.05, 0) is 19.1 Å². The van der Waals surface area contributed by atoms with E-state index in [2.05, 4.69) is 20.5 Å². The molecule has 2 rings (SSSR count). The van der Waals surface area contributed by atoms with Crippen molar-refractivity contribution in [1.82, 2.24) is 25.0 Å². The summed E-state index contributed by atoms with van der Waals surface area (Å²) in [5.74, 6) is 4.05. The zero-order chi connectivity index (χ0) is 18.4. The maximum Gasteiger partial charge on any atom is 0.194 e. The standard InChI is InChI=1S/C17H26N6O2.HI/c1-12-20-21-16(23(12)4)10-19-17(18-2)22(3)11-13-7-8-14(24-5)9-15(13)25-6;/h7-9H,10-11H2,1-6H3,(H,18,19);1H. The maximum absolute atomic E-state index is 5.46. The number of guanidine groups is 1. The van der Waals surface area contributed by atoms with Crippen LogP contribution in [0.25, 0.3) is 0 Å². The minimum atomic E-state index is 0. The first kappa shape index (κ1) is 22.0. The number of methoxy groups -OCH3 is 2. The second kappa shape index (κ2) is 10.2. The molecule has 0 saturated carbocycles. The highest BCUT2D eigenvalue weighted by molar-refractivity contribution is 14.0. The Balaban J connectivity index is 0.00000338. The normalized spacial score (nSPS) is 10.9. The first-order valence-corrected chi connectivity index (χ1v) is 7.97. The van der Waals surface area contributed by atoms with Gasteiger partial charge >= 0.3 is 0 Å². The Morgan fingerprint density at radius 2 is 2.00 bits per heavy atom. The van der Waals surface area contributed by atoms with Crippen LogP contribution in [0.15, 0.2) is 23.2 Å². The SMILES string of the molecule is CN=C(NCc1nnc(C)n1C)N(C)Cc1ccc(OC)cc1OC.I. The molecular weight excluding hydrogens is 447 g/mol. The van der Waals surface area contributed by atoms with Crippen LogP contribution < -0.4 is 14.8 Å². The molecule has 0 spiro atoms. The number of benzene rings is 1. The summed E-state index contributed by atoms with van der Waals surface area (Å²) in [4.78, 5) is 6.35. The number of hydrogen-bond acceptors (Lipinski definition) is 5. The van der Waals surface area contributed by atoms with Crippen LogP contribution in [0.4, 0.5) is 0 Å². The fraction of sp³-hybridized carbons (Fsp3) is 0.471. The molecule has 1 aromatic heterocycles. The van der Waals surface area contributed by atoms with E-state index < -0.39 is 0 Å². The monoisotopic (exact) mass is 474 g/mol. The van der Waals surface area contributed by atoms with E-state index in [-0.39, 0.29) is 24.0 Å². The Morgan fingerprint density at radius 3 is 2.54 bits per heavy atom.